The summed E-state index contributed by atoms with van der Waals surface area (Å²) in [7, 11) is 0. The molecule has 2 heterocycles. The van der Waals surface area contributed by atoms with Gasteiger partial charge in [-0.3, -0.25) is 19.3 Å². The molecule has 1 saturated carbocycles. The molecule has 0 aliphatic heterocycles. The van der Waals surface area contributed by atoms with Crippen molar-refractivity contribution in [3.05, 3.63) is 82.5 Å². The normalized spacial score (nSPS) is 14.2. The molecule has 0 spiro atoms. The van der Waals surface area contributed by atoms with E-state index in [1.54, 1.807) is 0 Å². The van der Waals surface area contributed by atoms with E-state index in [-0.39, 0.29) is 11.3 Å². The number of nitrogens with two attached hydrogens (primary N) is 1. The van der Waals surface area contributed by atoms with E-state index in [0.717, 1.165) is 35.6 Å². The molecule has 0 bridgehead atoms. The number of non-ortho nitro benzene ring substituents is 1. The van der Waals surface area contributed by atoms with Crippen molar-refractivity contribution < 1.29 is 9.72 Å². The summed E-state index contributed by atoms with van der Waals surface area (Å²) >= 11 is 0. The molecule has 3 N–H and O–H groups in total. The Bertz CT molecular complexity index is 1390. The van der Waals surface area contributed by atoms with E-state index in [1.165, 1.54) is 37.5 Å². The molecule has 0 radical (unpaired) electrons. The standard InChI is InChI=1S/C26H25N5O3/c27-25(32)21-13-12-20(31(33)34)16-22(21)17-7-6-8-18(15-17)24-26(28-19-9-2-1-3-10-19)30-14-5-4-11-23(30)29-24/h4-8,11-16,19,28H,1-3,9-10H2,(H2,27,32). The van der Waals surface area contributed by atoms with Gasteiger partial charge in [0.15, 0.2) is 0 Å². The highest BCUT2D eigenvalue weighted by atomic mass is 16.6. The summed E-state index contributed by atoms with van der Waals surface area (Å²) in [4.78, 5) is 27.8. The van der Waals surface area contributed by atoms with Gasteiger partial charge in [-0.25, -0.2) is 4.98 Å². The fourth-order valence-corrected chi connectivity index (χ4v) is 4.71. The van der Waals surface area contributed by atoms with Gasteiger partial charge in [0.05, 0.1) is 4.92 Å². The average molecular weight is 456 g/mol. The van der Waals surface area contributed by atoms with Crippen molar-refractivity contribution in [3.63, 3.8) is 0 Å². The van der Waals surface area contributed by atoms with E-state index in [2.05, 4.69) is 9.72 Å². The van der Waals surface area contributed by atoms with Crippen molar-refractivity contribution >= 4 is 23.1 Å². The number of nitrogens with one attached hydrogen (secondary N) is 1. The second-order valence-electron chi connectivity index (χ2n) is 8.65. The highest BCUT2D eigenvalue weighted by molar-refractivity contribution is 6.00. The number of nitro benzene ring substituents is 1. The topological polar surface area (TPSA) is 116 Å². The van der Waals surface area contributed by atoms with Crippen LogP contribution in [0, 0.1) is 10.1 Å². The van der Waals surface area contributed by atoms with Crippen molar-refractivity contribution in [2.24, 2.45) is 5.73 Å². The fourth-order valence-electron chi connectivity index (χ4n) is 4.71. The first-order valence-corrected chi connectivity index (χ1v) is 11.4. The first-order valence-electron chi connectivity index (χ1n) is 11.4. The van der Waals surface area contributed by atoms with Crippen LogP contribution in [-0.2, 0) is 0 Å². The molecule has 8 heteroatoms. The van der Waals surface area contributed by atoms with Crippen LogP contribution < -0.4 is 11.1 Å². The maximum atomic E-state index is 12.1. The van der Waals surface area contributed by atoms with Gasteiger partial charge < -0.3 is 11.1 Å². The summed E-state index contributed by atoms with van der Waals surface area (Å²) in [5, 5.41) is 15.1. The molecule has 2 aromatic carbocycles. The summed E-state index contributed by atoms with van der Waals surface area (Å²) in [6.45, 7) is 0. The van der Waals surface area contributed by atoms with Crippen molar-refractivity contribution in [2.45, 2.75) is 38.1 Å². The Morgan fingerprint density at radius 1 is 1.03 bits per heavy atom. The number of hydrogen-bond acceptors (Lipinski definition) is 5. The number of nitrogens with zero attached hydrogens (tertiary/aromatic N) is 3. The zero-order chi connectivity index (χ0) is 23.7. The number of carbonyl (C=O) groups excluding carboxylic acids is 1. The van der Waals surface area contributed by atoms with Crippen LogP contribution in [0.4, 0.5) is 11.5 Å². The molecule has 5 rings (SSSR count). The molecular weight excluding hydrogens is 430 g/mol. The Kier molecular flexibility index (Phi) is 5.71. The number of hydrogen-bond donors (Lipinski definition) is 2. The summed E-state index contributed by atoms with van der Waals surface area (Å²) in [6.07, 6.45) is 7.92. The zero-order valence-electron chi connectivity index (χ0n) is 18.6. The summed E-state index contributed by atoms with van der Waals surface area (Å²) in [6, 6.07) is 17.9. The second kappa shape index (κ2) is 8.97. The average Bonchev–Trinajstić information content (AvgIpc) is 3.22. The minimum atomic E-state index is -0.636. The summed E-state index contributed by atoms with van der Waals surface area (Å²) in [5.74, 6) is 0.288. The summed E-state index contributed by atoms with van der Waals surface area (Å²) in [5.41, 5.74) is 9.27. The SMILES string of the molecule is NC(=O)c1ccc([N+](=O)[O-])cc1-c1cccc(-c2nc3ccccn3c2NC2CCCCC2)c1. The number of aromatic nitrogens is 2. The first-order chi connectivity index (χ1) is 16.5. The molecule has 1 fully saturated rings. The molecule has 0 atom stereocenters. The molecule has 0 unspecified atom stereocenters. The molecule has 1 amide bonds. The number of imidazole rings is 1. The Morgan fingerprint density at radius 2 is 1.82 bits per heavy atom. The minimum Gasteiger partial charge on any atom is -0.367 e. The lowest BCUT2D eigenvalue weighted by atomic mass is 9.95. The third-order valence-corrected chi connectivity index (χ3v) is 6.40. The van der Waals surface area contributed by atoms with Crippen LogP contribution >= 0.6 is 0 Å². The second-order valence-corrected chi connectivity index (χ2v) is 8.65. The van der Waals surface area contributed by atoms with Crippen molar-refractivity contribution in [1.82, 2.24) is 9.38 Å². The van der Waals surface area contributed by atoms with Crippen LogP contribution in [0.1, 0.15) is 42.5 Å². The van der Waals surface area contributed by atoms with E-state index >= 15 is 0 Å². The third-order valence-electron chi connectivity index (χ3n) is 6.40. The Morgan fingerprint density at radius 3 is 2.59 bits per heavy atom. The van der Waals surface area contributed by atoms with E-state index in [0.29, 0.717) is 17.2 Å². The quantitative estimate of drug-likeness (QED) is 0.297. The summed E-state index contributed by atoms with van der Waals surface area (Å²) < 4.78 is 2.05. The third kappa shape index (κ3) is 4.10. The Labute approximate surface area is 196 Å². The number of rotatable bonds is 6. The van der Waals surface area contributed by atoms with Crippen molar-refractivity contribution in [3.8, 4) is 22.4 Å². The predicted molar refractivity (Wildman–Crippen MR) is 132 cm³/mol. The number of amides is 1. The molecule has 8 nitrogen and oxygen atoms in total. The molecule has 1 aliphatic rings. The van der Waals surface area contributed by atoms with Gasteiger partial charge in [0.2, 0.25) is 5.91 Å². The van der Waals surface area contributed by atoms with Gasteiger partial charge in [-0.15, -0.1) is 0 Å². The number of primary amides is 1. The lowest BCUT2D eigenvalue weighted by Gasteiger charge is -2.24. The van der Waals surface area contributed by atoms with Crippen LogP contribution in [0.15, 0.2) is 66.9 Å². The largest absolute Gasteiger partial charge is 0.367 e. The predicted octanol–water partition coefficient (Wildman–Crippen LogP) is 5.42. The molecule has 0 saturated heterocycles. The molecule has 172 valence electrons. The van der Waals surface area contributed by atoms with Gasteiger partial charge in [-0.05, 0) is 42.7 Å². The van der Waals surface area contributed by atoms with Gasteiger partial charge in [-0.2, -0.15) is 0 Å². The van der Waals surface area contributed by atoms with E-state index < -0.39 is 10.8 Å². The molecule has 2 aromatic heterocycles. The Hall–Kier alpha value is -4.20. The van der Waals surface area contributed by atoms with Gasteiger partial charge in [0.25, 0.3) is 5.69 Å². The van der Waals surface area contributed by atoms with E-state index in [9.17, 15) is 14.9 Å². The van der Waals surface area contributed by atoms with Crippen molar-refractivity contribution in [1.29, 1.82) is 0 Å². The lowest BCUT2D eigenvalue weighted by molar-refractivity contribution is -0.384. The number of pyridine rings is 1. The number of fused-ring (bicyclic) bond motifs is 1. The highest BCUT2D eigenvalue weighted by Gasteiger charge is 2.21. The fraction of sp³-hybridized carbons (Fsp3) is 0.231. The molecular formula is C26H25N5O3. The van der Waals surface area contributed by atoms with Crippen LogP contribution in [0.25, 0.3) is 28.0 Å². The molecule has 1 aliphatic carbocycles. The lowest BCUT2D eigenvalue weighted by Crippen LogP contribution is -2.23. The minimum absolute atomic E-state index is 0.0993. The van der Waals surface area contributed by atoms with Gasteiger partial charge >= 0.3 is 0 Å². The molecule has 4 aromatic rings. The maximum Gasteiger partial charge on any atom is 0.270 e. The zero-order valence-corrected chi connectivity index (χ0v) is 18.6. The monoisotopic (exact) mass is 455 g/mol. The van der Waals surface area contributed by atoms with Crippen LogP contribution in [0.3, 0.4) is 0 Å². The smallest absolute Gasteiger partial charge is 0.270 e. The molecule has 34 heavy (non-hydrogen) atoms. The Balaban J connectivity index is 1.63. The maximum absolute atomic E-state index is 12.1. The first kappa shape index (κ1) is 21.6. The van der Waals surface area contributed by atoms with Crippen LogP contribution in [0.2, 0.25) is 0 Å². The van der Waals surface area contributed by atoms with E-state index in [1.807, 2.05) is 48.7 Å². The van der Waals surface area contributed by atoms with Crippen LogP contribution in [-0.4, -0.2) is 26.3 Å². The highest BCUT2D eigenvalue weighted by Crippen LogP contribution is 2.35. The number of benzene rings is 2. The number of carbonyl (C=O) groups is 1. The van der Waals surface area contributed by atoms with Crippen LogP contribution in [0.5, 0.6) is 0 Å². The van der Waals surface area contributed by atoms with Gasteiger partial charge in [-0.1, -0.05) is 43.5 Å². The number of nitro groups is 1. The van der Waals surface area contributed by atoms with Crippen molar-refractivity contribution in [2.75, 3.05) is 5.32 Å². The van der Waals surface area contributed by atoms with Gasteiger partial charge in [0, 0.05) is 41.1 Å². The van der Waals surface area contributed by atoms with E-state index in [4.69, 9.17) is 10.7 Å². The van der Waals surface area contributed by atoms with Gasteiger partial charge in [0.1, 0.15) is 17.2 Å². The number of anilines is 1.